The van der Waals surface area contributed by atoms with Crippen LogP contribution in [-0.2, 0) is 10.0 Å². The van der Waals surface area contributed by atoms with Gasteiger partial charge < -0.3 is 4.90 Å². The van der Waals surface area contributed by atoms with Gasteiger partial charge >= 0.3 is 0 Å². The predicted molar refractivity (Wildman–Crippen MR) is 111 cm³/mol. The van der Waals surface area contributed by atoms with Crippen molar-refractivity contribution in [1.82, 2.24) is 9.21 Å². The van der Waals surface area contributed by atoms with Crippen LogP contribution in [0, 0.1) is 11.3 Å². The zero-order chi connectivity index (χ0) is 21.0. The smallest absolute Gasteiger partial charge is 0.253 e. The second-order valence-corrected chi connectivity index (χ2v) is 9.20. The number of nitrogens with zero attached hydrogens (tertiary/aromatic N) is 3. The lowest BCUT2D eigenvalue weighted by Gasteiger charge is -2.34. The molecule has 1 fully saturated rings. The Labute approximate surface area is 172 Å². The molecule has 0 saturated carbocycles. The van der Waals surface area contributed by atoms with Crippen LogP contribution in [0.3, 0.4) is 0 Å². The highest BCUT2D eigenvalue weighted by atomic mass is 32.2. The van der Waals surface area contributed by atoms with Gasteiger partial charge in [-0.3, -0.25) is 4.79 Å². The maximum absolute atomic E-state index is 12.9. The van der Waals surface area contributed by atoms with E-state index < -0.39 is 10.0 Å². The highest BCUT2D eigenvalue weighted by Gasteiger charge is 2.30. The van der Waals surface area contributed by atoms with Crippen LogP contribution in [0.4, 0.5) is 0 Å². The van der Waals surface area contributed by atoms with E-state index >= 15 is 0 Å². The van der Waals surface area contributed by atoms with E-state index in [0.717, 1.165) is 12.0 Å². The number of amides is 1. The third-order valence-electron chi connectivity index (χ3n) is 5.49. The van der Waals surface area contributed by atoms with Gasteiger partial charge in [0, 0.05) is 31.7 Å². The average Bonchev–Trinajstić information content (AvgIpc) is 2.78. The molecule has 0 aliphatic carbocycles. The van der Waals surface area contributed by atoms with E-state index in [1.54, 1.807) is 41.3 Å². The molecule has 1 aliphatic rings. The highest BCUT2D eigenvalue weighted by molar-refractivity contribution is 7.89. The summed E-state index contributed by atoms with van der Waals surface area (Å²) in [6.45, 7) is 5.42. The Morgan fingerprint density at radius 1 is 1.03 bits per heavy atom. The third kappa shape index (κ3) is 4.50. The van der Waals surface area contributed by atoms with Gasteiger partial charge in [0.1, 0.15) is 0 Å². The van der Waals surface area contributed by atoms with Crippen LogP contribution in [0.25, 0.3) is 0 Å². The van der Waals surface area contributed by atoms with Crippen molar-refractivity contribution < 1.29 is 13.2 Å². The molecule has 1 heterocycles. The zero-order valence-electron chi connectivity index (χ0n) is 16.7. The molecule has 1 aliphatic heterocycles. The molecule has 0 radical (unpaired) electrons. The van der Waals surface area contributed by atoms with Crippen molar-refractivity contribution in [2.45, 2.75) is 31.1 Å². The van der Waals surface area contributed by atoms with Gasteiger partial charge in [0.15, 0.2) is 0 Å². The summed E-state index contributed by atoms with van der Waals surface area (Å²) < 4.78 is 27.3. The Balaban J connectivity index is 1.66. The largest absolute Gasteiger partial charge is 0.336 e. The molecule has 0 bridgehead atoms. The Kier molecular flexibility index (Phi) is 6.36. The van der Waals surface area contributed by atoms with Crippen molar-refractivity contribution >= 4 is 15.9 Å². The molecule has 0 N–H and O–H groups in total. The lowest BCUT2D eigenvalue weighted by Crippen LogP contribution is -2.50. The number of hydrogen-bond acceptors (Lipinski definition) is 4. The first-order valence-electron chi connectivity index (χ1n) is 9.76. The van der Waals surface area contributed by atoms with Crippen LogP contribution >= 0.6 is 0 Å². The fraction of sp³-hybridized carbons (Fsp3) is 0.364. The first-order valence-corrected chi connectivity index (χ1v) is 11.2. The maximum Gasteiger partial charge on any atom is 0.253 e. The minimum atomic E-state index is -3.57. The Morgan fingerprint density at radius 2 is 1.62 bits per heavy atom. The molecule has 0 unspecified atom stereocenters. The zero-order valence-corrected chi connectivity index (χ0v) is 17.5. The van der Waals surface area contributed by atoms with E-state index in [4.69, 9.17) is 5.26 Å². The summed E-state index contributed by atoms with van der Waals surface area (Å²) in [6, 6.07) is 15.6. The molecule has 29 heavy (non-hydrogen) atoms. The van der Waals surface area contributed by atoms with Crippen molar-refractivity contribution in [2.75, 3.05) is 26.2 Å². The van der Waals surface area contributed by atoms with Crippen molar-refractivity contribution in [3.8, 4) is 6.07 Å². The molecule has 1 saturated heterocycles. The first kappa shape index (κ1) is 21.0. The number of nitriles is 1. The maximum atomic E-state index is 12.9. The van der Waals surface area contributed by atoms with Gasteiger partial charge in [-0.05, 0) is 54.3 Å². The Hall–Kier alpha value is -2.69. The molecular formula is C22H25N3O3S. The van der Waals surface area contributed by atoms with Crippen LogP contribution in [0.1, 0.15) is 47.7 Å². The van der Waals surface area contributed by atoms with E-state index in [2.05, 4.69) is 13.8 Å². The molecule has 0 aromatic heterocycles. The average molecular weight is 412 g/mol. The van der Waals surface area contributed by atoms with Crippen LogP contribution in [0.15, 0.2) is 53.4 Å². The topological polar surface area (TPSA) is 81.5 Å². The second-order valence-electron chi connectivity index (χ2n) is 7.26. The van der Waals surface area contributed by atoms with Crippen molar-refractivity contribution in [3.63, 3.8) is 0 Å². The molecule has 2 aromatic rings. The lowest BCUT2D eigenvalue weighted by molar-refractivity contribution is 0.0698. The fourth-order valence-corrected chi connectivity index (χ4v) is 4.78. The highest BCUT2D eigenvalue weighted by Crippen LogP contribution is 2.23. The Bertz CT molecular complexity index is 1000. The molecular weight excluding hydrogens is 386 g/mol. The van der Waals surface area contributed by atoms with Gasteiger partial charge in [0.25, 0.3) is 5.91 Å². The van der Waals surface area contributed by atoms with Crippen molar-refractivity contribution in [1.29, 1.82) is 5.26 Å². The molecule has 152 valence electrons. The third-order valence-corrected chi connectivity index (χ3v) is 7.40. The lowest BCUT2D eigenvalue weighted by atomic mass is 9.99. The van der Waals surface area contributed by atoms with E-state index in [1.807, 2.05) is 18.2 Å². The van der Waals surface area contributed by atoms with E-state index in [0.29, 0.717) is 30.1 Å². The van der Waals surface area contributed by atoms with Gasteiger partial charge in [0.05, 0.1) is 16.5 Å². The summed E-state index contributed by atoms with van der Waals surface area (Å²) in [6.07, 6.45) is 1.00. The Morgan fingerprint density at radius 3 is 2.14 bits per heavy atom. The van der Waals surface area contributed by atoms with E-state index in [1.165, 1.54) is 4.31 Å². The molecule has 6 nitrogen and oxygen atoms in total. The predicted octanol–water partition coefficient (Wildman–Crippen LogP) is 3.22. The van der Waals surface area contributed by atoms with Crippen LogP contribution in [-0.4, -0.2) is 49.7 Å². The molecule has 2 aromatic carbocycles. The van der Waals surface area contributed by atoms with Gasteiger partial charge in [0.2, 0.25) is 10.0 Å². The van der Waals surface area contributed by atoms with Crippen LogP contribution in [0.5, 0.6) is 0 Å². The number of benzene rings is 2. The van der Waals surface area contributed by atoms with Gasteiger partial charge in [-0.15, -0.1) is 0 Å². The van der Waals surface area contributed by atoms with Crippen molar-refractivity contribution in [3.05, 3.63) is 65.2 Å². The minimum Gasteiger partial charge on any atom is -0.336 e. The SMILES string of the molecule is CC[C@@H](C)c1ccc(S(=O)(=O)N2CCN(C(=O)c3ccc(C#N)cc3)CC2)cc1. The summed E-state index contributed by atoms with van der Waals surface area (Å²) in [7, 11) is -3.57. The molecule has 1 amide bonds. The number of sulfonamides is 1. The monoisotopic (exact) mass is 411 g/mol. The number of carbonyl (C=O) groups is 1. The summed E-state index contributed by atoms with van der Waals surface area (Å²) in [5, 5.41) is 8.86. The number of piperazine rings is 1. The fourth-order valence-electron chi connectivity index (χ4n) is 3.35. The molecule has 7 heteroatoms. The number of hydrogen-bond donors (Lipinski definition) is 0. The van der Waals surface area contributed by atoms with Gasteiger partial charge in [-0.2, -0.15) is 9.57 Å². The van der Waals surface area contributed by atoms with Crippen LogP contribution < -0.4 is 0 Å². The second kappa shape index (κ2) is 8.76. The molecule has 0 spiro atoms. The number of carbonyl (C=O) groups excluding carboxylic acids is 1. The van der Waals surface area contributed by atoms with E-state index in [9.17, 15) is 13.2 Å². The number of rotatable bonds is 5. The summed E-state index contributed by atoms with van der Waals surface area (Å²) in [5.74, 6) is 0.244. The molecule has 3 rings (SSSR count). The standard InChI is InChI=1S/C22H25N3O3S/c1-3-17(2)19-8-10-21(11-9-19)29(27,28)25-14-12-24(13-15-25)22(26)20-6-4-18(16-23)5-7-20/h4-11,17H,3,12-15H2,1-2H3/t17-/m1/s1. The molecule has 1 atom stereocenters. The van der Waals surface area contributed by atoms with Gasteiger partial charge in [-0.1, -0.05) is 26.0 Å². The quantitative estimate of drug-likeness (QED) is 0.756. The summed E-state index contributed by atoms with van der Waals surface area (Å²) in [5.41, 5.74) is 2.13. The summed E-state index contributed by atoms with van der Waals surface area (Å²) in [4.78, 5) is 14.6. The normalized spacial score (nSPS) is 16.2. The summed E-state index contributed by atoms with van der Waals surface area (Å²) >= 11 is 0. The van der Waals surface area contributed by atoms with E-state index in [-0.39, 0.29) is 23.9 Å². The minimum absolute atomic E-state index is 0.149. The van der Waals surface area contributed by atoms with Crippen LogP contribution in [0.2, 0.25) is 0 Å². The van der Waals surface area contributed by atoms with Crippen molar-refractivity contribution in [2.24, 2.45) is 0 Å². The van der Waals surface area contributed by atoms with Gasteiger partial charge in [-0.25, -0.2) is 8.42 Å². The first-order chi connectivity index (χ1) is 13.9.